The van der Waals surface area contributed by atoms with Gasteiger partial charge in [0.2, 0.25) is 0 Å². The maximum atomic E-state index is 11.5. The number of nitrogens with two attached hydrogens (primary N) is 1. The van der Waals surface area contributed by atoms with Gasteiger partial charge in [0.05, 0.1) is 11.4 Å². The van der Waals surface area contributed by atoms with Crippen molar-refractivity contribution in [2.24, 2.45) is 5.73 Å². The molecule has 1 aromatic heterocycles. The fraction of sp³-hybridized carbons (Fsp3) is 0.286. The van der Waals surface area contributed by atoms with Crippen molar-refractivity contribution < 1.29 is 0 Å². The highest BCUT2D eigenvalue weighted by Crippen LogP contribution is 2.21. The molecule has 4 nitrogen and oxygen atoms in total. The Labute approximate surface area is 116 Å². The number of thioether (sulfide) groups is 1. The van der Waals surface area contributed by atoms with Gasteiger partial charge in [0.15, 0.2) is 0 Å². The number of benzene rings is 1. The molecule has 0 saturated carbocycles. The zero-order valence-electron chi connectivity index (χ0n) is 11.0. The second kappa shape index (κ2) is 6.04. The Morgan fingerprint density at radius 1 is 1.37 bits per heavy atom. The predicted molar refractivity (Wildman–Crippen MR) is 78.2 cm³/mol. The molecule has 0 aliphatic carbocycles. The Morgan fingerprint density at radius 2 is 2.05 bits per heavy atom. The molecule has 1 atom stereocenters. The molecular formula is C14H17N3OS. The van der Waals surface area contributed by atoms with Crippen LogP contribution in [0.5, 0.6) is 0 Å². The summed E-state index contributed by atoms with van der Waals surface area (Å²) in [6, 6.07) is 9.48. The molecule has 1 heterocycles. The predicted octanol–water partition coefficient (Wildman–Crippen LogP) is 2.39. The molecule has 0 aliphatic rings. The maximum absolute atomic E-state index is 11.5. The van der Waals surface area contributed by atoms with E-state index in [0.717, 1.165) is 4.90 Å². The van der Waals surface area contributed by atoms with E-state index in [1.54, 1.807) is 11.8 Å². The van der Waals surface area contributed by atoms with Crippen molar-refractivity contribution >= 4 is 11.8 Å². The van der Waals surface area contributed by atoms with Gasteiger partial charge in [0.25, 0.3) is 5.56 Å². The van der Waals surface area contributed by atoms with E-state index >= 15 is 0 Å². The SMILES string of the molecule is Cc1ccc(SCc2nc(C(C)N)cc(=O)[nH]2)cc1. The first-order valence-corrected chi connectivity index (χ1v) is 7.08. The van der Waals surface area contributed by atoms with Gasteiger partial charge in [-0.3, -0.25) is 4.79 Å². The van der Waals surface area contributed by atoms with Crippen LogP contribution in [0.25, 0.3) is 0 Å². The largest absolute Gasteiger partial charge is 0.323 e. The van der Waals surface area contributed by atoms with Crippen molar-refractivity contribution in [2.45, 2.75) is 30.5 Å². The van der Waals surface area contributed by atoms with E-state index in [4.69, 9.17) is 5.73 Å². The third-order valence-electron chi connectivity index (χ3n) is 2.67. The minimum Gasteiger partial charge on any atom is -0.323 e. The number of nitrogens with one attached hydrogen (secondary N) is 1. The molecule has 0 bridgehead atoms. The number of aromatic amines is 1. The first kappa shape index (κ1) is 13.8. The van der Waals surface area contributed by atoms with Crippen LogP contribution in [0.15, 0.2) is 40.0 Å². The van der Waals surface area contributed by atoms with Crippen LogP contribution in [0.2, 0.25) is 0 Å². The van der Waals surface area contributed by atoms with Crippen LogP contribution in [0.4, 0.5) is 0 Å². The standard InChI is InChI=1S/C14H17N3OS/c1-9-3-5-11(6-4-9)19-8-13-16-12(10(2)15)7-14(18)17-13/h3-7,10H,8,15H2,1-2H3,(H,16,17,18). The number of hydrogen-bond donors (Lipinski definition) is 2. The molecule has 3 N–H and O–H groups in total. The van der Waals surface area contributed by atoms with Crippen molar-refractivity contribution in [1.29, 1.82) is 0 Å². The summed E-state index contributed by atoms with van der Waals surface area (Å²) in [6.07, 6.45) is 0. The Balaban J connectivity index is 2.11. The van der Waals surface area contributed by atoms with Crippen molar-refractivity contribution in [3.05, 3.63) is 57.8 Å². The summed E-state index contributed by atoms with van der Waals surface area (Å²) in [5, 5.41) is 0. The first-order valence-electron chi connectivity index (χ1n) is 6.10. The van der Waals surface area contributed by atoms with Crippen LogP contribution in [0.3, 0.4) is 0 Å². The van der Waals surface area contributed by atoms with Gasteiger partial charge < -0.3 is 10.7 Å². The lowest BCUT2D eigenvalue weighted by Crippen LogP contribution is -2.17. The van der Waals surface area contributed by atoms with Gasteiger partial charge in [-0.25, -0.2) is 4.98 Å². The van der Waals surface area contributed by atoms with Crippen LogP contribution in [-0.4, -0.2) is 9.97 Å². The normalized spacial score (nSPS) is 12.4. The highest BCUT2D eigenvalue weighted by Gasteiger charge is 2.06. The Kier molecular flexibility index (Phi) is 4.39. The summed E-state index contributed by atoms with van der Waals surface area (Å²) >= 11 is 1.64. The summed E-state index contributed by atoms with van der Waals surface area (Å²) in [5.74, 6) is 1.28. The van der Waals surface area contributed by atoms with Gasteiger partial charge in [-0.05, 0) is 26.0 Å². The fourth-order valence-electron chi connectivity index (χ4n) is 1.62. The highest BCUT2D eigenvalue weighted by molar-refractivity contribution is 7.98. The lowest BCUT2D eigenvalue weighted by molar-refractivity contribution is 0.759. The van der Waals surface area contributed by atoms with Gasteiger partial charge in [-0.15, -0.1) is 11.8 Å². The van der Waals surface area contributed by atoms with Gasteiger partial charge >= 0.3 is 0 Å². The molecule has 100 valence electrons. The van der Waals surface area contributed by atoms with Crippen molar-refractivity contribution in [1.82, 2.24) is 9.97 Å². The van der Waals surface area contributed by atoms with Crippen LogP contribution in [0, 0.1) is 6.92 Å². The quantitative estimate of drug-likeness (QED) is 0.840. The van der Waals surface area contributed by atoms with Crippen LogP contribution >= 0.6 is 11.8 Å². The minimum atomic E-state index is -0.231. The average molecular weight is 275 g/mol. The number of hydrogen-bond acceptors (Lipinski definition) is 4. The average Bonchev–Trinajstić information content (AvgIpc) is 2.37. The Hall–Kier alpha value is -1.59. The molecule has 2 rings (SSSR count). The van der Waals surface area contributed by atoms with Gasteiger partial charge in [-0.1, -0.05) is 17.7 Å². The number of H-pyrrole nitrogens is 1. The zero-order chi connectivity index (χ0) is 13.8. The number of rotatable bonds is 4. The summed E-state index contributed by atoms with van der Waals surface area (Å²) in [4.78, 5) is 19.8. The van der Waals surface area contributed by atoms with Crippen molar-refractivity contribution in [3.8, 4) is 0 Å². The van der Waals surface area contributed by atoms with Crippen LogP contribution in [-0.2, 0) is 5.75 Å². The molecule has 0 radical (unpaired) electrons. The lowest BCUT2D eigenvalue weighted by Gasteiger charge is -2.07. The second-order valence-corrected chi connectivity index (χ2v) is 5.56. The van der Waals surface area contributed by atoms with Gasteiger partial charge in [0, 0.05) is 17.0 Å². The smallest absolute Gasteiger partial charge is 0.251 e. The summed E-state index contributed by atoms with van der Waals surface area (Å²) in [5.41, 5.74) is 7.46. The molecule has 0 fully saturated rings. The molecule has 0 amide bonds. The highest BCUT2D eigenvalue weighted by atomic mass is 32.2. The van der Waals surface area contributed by atoms with E-state index in [9.17, 15) is 4.79 Å². The van der Waals surface area contributed by atoms with Crippen LogP contribution < -0.4 is 11.3 Å². The zero-order valence-corrected chi connectivity index (χ0v) is 11.8. The van der Waals surface area contributed by atoms with E-state index in [-0.39, 0.29) is 11.6 Å². The van der Waals surface area contributed by atoms with Crippen molar-refractivity contribution in [2.75, 3.05) is 0 Å². The summed E-state index contributed by atoms with van der Waals surface area (Å²) < 4.78 is 0. The fourth-order valence-corrected chi connectivity index (χ4v) is 2.39. The minimum absolute atomic E-state index is 0.151. The molecule has 0 aliphatic heterocycles. The molecule has 19 heavy (non-hydrogen) atoms. The van der Waals surface area contributed by atoms with E-state index in [2.05, 4.69) is 41.2 Å². The third-order valence-corrected chi connectivity index (χ3v) is 3.70. The topological polar surface area (TPSA) is 71.8 Å². The van der Waals surface area contributed by atoms with E-state index in [0.29, 0.717) is 17.3 Å². The summed E-state index contributed by atoms with van der Waals surface area (Å²) in [6.45, 7) is 3.87. The second-order valence-electron chi connectivity index (χ2n) is 4.51. The first-order chi connectivity index (χ1) is 9.04. The van der Waals surface area contributed by atoms with E-state index in [1.165, 1.54) is 11.6 Å². The van der Waals surface area contributed by atoms with Crippen LogP contribution in [0.1, 0.15) is 30.0 Å². The third kappa shape index (κ3) is 3.94. The molecule has 1 unspecified atom stereocenters. The van der Waals surface area contributed by atoms with Crippen molar-refractivity contribution in [3.63, 3.8) is 0 Å². The molecule has 0 spiro atoms. The maximum Gasteiger partial charge on any atom is 0.251 e. The molecule has 5 heteroatoms. The molecule has 0 saturated heterocycles. The van der Waals surface area contributed by atoms with Gasteiger partial charge in [-0.2, -0.15) is 0 Å². The summed E-state index contributed by atoms with van der Waals surface area (Å²) in [7, 11) is 0. The Bertz CT molecular complexity index is 605. The van der Waals surface area contributed by atoms with Gasteiger partial charge in [0.1, 0.15) is 5.82 Å². The lowest BCUT2D eigenvalue weighted by atomic mass is 10.2. The Morgan fingerprint density at radius 3 is 2.68 bits per heavy atom. The molecular weight excluding hydrogens is 258 g/mol. The monoisotopic (exact) mass is 275 g/mol. The number of aromatic nitrogens is 2. The van der Waals surface area contributed by atoms with E-state index < -0.39 is 0 Å². The number of nitrogens with zero attached hydrogens (tertiary/aromatic N) is 1. The molecule has 2 aromatic rings. The number of aryl methyl sites for hydroxylation is 1. The molecule has 1 aromatic carbocycles. The van der Waals surface area contributed by atoms with E-state index in [1.807, 2.05) is 6.92 Å².